The number of rotatable bonds is 1. The fourth-order valence-electron chi connectivity index (χ4n) is 1.57. The van der Waals surface area contributed by atoms with Crippen molar-refractivity contribution in [2.24, 2.45) is 0 Å². The smallest absolute Gasteiger partial charge is 0.273 e. The van der Waals surface area contributed by atoms with E-state index >= 15 is 0 Å². The lowest BCUT2D eigenvalue weighted by molar-refractivity contribution is 0.802. The highest BCUT2D eigenvalue weighted by molar-refractivity contribution is 5.44. The summed E-state index contributed by atoms with van der Waals surface area (Å²) in [6, 6.07) is 7.14. The molecule has 1 aromatic carbocycles. The second-order valence-corrected chi connectivity index (χ2v) is 3.76. The molecule has 0 amide bonds. The first-order valence-corrected chi connectivity index (χ1v) is 5.01. The molecule has 0 atom stereocenters. The van der Waals surface area contributed by atoms with Gasteiger partial charge < -0.3 is 5.73 Å². The SMILES string of the molecule is Cc1cccc(-n2ncc(N)cc2=O)c1C. The highest BCUT2D eigenvalue weighted by Gasteiger charge is 2.05. The standard InChI is InChI=1S/C12H13N3O/c1-8-4-3-5-11(9(8)2)15-12(16)6-10(13)7-14-15/h3-7H,13H2,1-2H3. The summed E-state index contributed by atoms with van der Waals surface area (Å²) >= 11 is 0. The molecule has 2 aromatic rings. The van der Waals surface area contributed by atoms with Gasteiger partial charge in [-0.2, -0.15) is 9.78 Å². The van der Waals surface area contributed by atoms with E-state index in [0.717, 1.165) is 16.8 Å². The minimum absolute atomic E-state index is 0.214. The molecule has 4 nitrogen and oxygen atoms in total. The maximum atomic E-state index is 11.7. The van der Waals surface area contributed by atoms with Gasteiger partial charge >= 0.3 is 0 Å². The molecule has 0 saturated carbocycles. The van der Waals surface area contributed by atoms with Crippen LogP contribution in [0.5, 0.6) is 0 Å². The summed E-state index contributed by atoms with van der Waals surface area (Å²) in [5.74, 6) is 0. The second-order valence-electron chi connectivity index (χ2n) is 3.76. The molecule has 1 aromatic heterocycles. The molecular formula is C12H13N3O. The zero-order valence-corrected chi connectivity index (χ0v) is 9.27. The molecule has 0 fully saturated rings. The van der Waals surface area contributed by atoms with Crippen LogP contribution in [0.3, 0.4) is 0 Å². The Morgan fingerprint density at radius 2 is 2.06 bits per heavy atom. The first-order valence-electron chi connectivity index (χ1n) is 5.01. The number of nitrogens with zero attached hydrogens (tertiary/aromatic N) is 2. The summed E-state index contributed by atoms with van der Waals surface area (Å²) in [5.41, 5.74) is 8.63. The van der Waals surface area contributed by atoms with E-state index in [1.165, 1.54) is 16.9 Å². The third-order valence-corrected chi connectivity index (χ3v) is 2.63. The Labute approximate surface area is 93.3 Å². The predicted octanol–water partition coefficient (Wildman–Crippen LogP) is 1.43. The number of hydrogen-bond donors (Lipinski definition) is 1. The lowest BCUT2D eigenvalue weighted by Gasteiger charge is -2.09. The van der Waals surface area contributed by atoms with Crippen LogP contribution in [0.15, 0.2) is 35.3 Å². The number of nitrogens with two attached hydrogens (primary N) is 1. The van der Waals surface area contributed by atoms with E-state index in [9.17, 15) is 4.79 Å². The number of anilines is 1. The normalized spacial score (nSPS) is 10.4. The zero-order valence-electron chi connectivity index (χ0n) is 9.27. The third-order valence-electron chi connectivity index (χ3n) is 2.63. The van der Waals surface area contributed by atoms with Crippen molar-refractivity contribution in [2.75, 3.05) is 5.73 Å². The minimum atomic E-state index is -0.214. The van der Waals surface area contributed by atoms with Crippen LogP contribution in [0.4, 0.5) is 5.69 Å². The number of hydrogen-bond acceptors (Lipinski definition) is 3. The second kappa shape index (κ2) is 3.81. The Morgan fingerprint density at radius 3 is 2.75 bits per heavy atom. The van der Waals surface area contributed by atoms with Crippen LogP contribution in [-0.4, -0.2) is 9.78 Å². The molecular weight excluding hydrogens is 202 g/mol. The van der Waals surface area contributed by atoms with Gasteiger partial charge in [-0.05, 0) is 31.0 Å². The Bertz CT molecular complexity index is 587. The zero-order chi connectivity index (χ0) is 11.7. The Kier molecular flexibility index (Phi) is 2.48. The monoisotopic (exact) mass is 215 g/mol. The molecule has 0 aliphatic rings. The predicted molar refractivity (Wildman–Crippen MR) is 63.7 cm³/mol. The van der Waals surface area contributed by atoms with Crippen LogP contribution in [0.25, 0.3) is 5.69 Å². The molecule has 0 bridgehead atoms. The van der Waals surface area contributed by atoms with Crippen molar-refractivity contribution < 1.29 is 0 Å². The third kappa shape index (κ3) is 1.69. The Morgan fingerprint density at radius 1 is 1.31 bits per heavy atom. The molecule has 1 heterocycles. The summed E-state index contributed by atoms with van der Waals surface area (Å²) in [7, 11) is 0. The van der Waals surface area contributed by atoms with E-state index in [-0.39, 0.29) is 5.56 Å². The van der Waals surface area contributed by atoms with Crippen molar-refractivity contribution in [3.05, 3.63) is 51.9 Å². The number of aromatic nitrogens is 2. The Balaban J connectivity index is 2.68. The largest absolute Gasteiger partial charge is 0.397 e. The minimum Gasteiger partial charge on any atom is -0.397 e. The number of aryl methyl sites for hydroxylation is 1. The number of benzene rings is 1. The molecule has 82 valence electrons. The van der Waals surface area contributed by atoms with Gasteiger partial charge in [-0.15, -0.1) is 0 Å². The van der Waals surface area contributed by atoms with E-state index in [2.05, 4.69) is 5.10 Å². The van der Waals surface area contributed by atoms with E-state index in [1.54, 1.807) is 0 Å². The lowest BCUT2D eigenvalue weighted by atomic mass is 10.1. The van der Waals surface area contributed by atoms with Gasteiger partial charge in [-0.25, -0.2) is 0 Å². The summed E-state index contributed by atoms with van der Waals surface area (Å²) in [5, 5.41) is 4.03. The van der Waals surface area contributed by atoms with Gasteiger partial charge in [0.2, 0.25) is 0 Å². The average Bonchev–Trinajstić information content (AvgIpc) is 2.23. The molecule has 0 aliphatic carbocycles. The molecule has 0 saturated heterocycles. The van der Waals surface area contributed by atoms with Crippen LogP contribution in [0, 0.1) is 13.8 Å². The van der Waals surface area contributed by atoms with Gasteiger partial charge in [0.05, 0.1) is 17.6 Å². The molecule has 2 rings (SSSR count). The number of nitrogen functional groups attached to an aromatic ring is 1. The molecule has 0 spiro atoms. The lowest BCUT2D eigenvalue weighted by Crippen LogP contribution is -2.21. The van der Waals surface area contributed by atoms with Crippen molar-refractivity contribution in [3.63, 3.8) is 0 Å². The molecule has 0 radical (unpaired) electrons. The van der Waals surface area contributed by atoms with Gasteiger partial charge in [0.25, 0.3) is 5.56 Å². The molecule has 2 N–H and O–H groups in total. The molecule has 4 heteroatoms. The molecule has 0 unspecified atom stereocenters. The summed E-state index contributed by atoms with van der Waals surface area (Å²) in [6.07, 6.45) is 1.48. The van der Waals surface area contributed by atoms with Gasteiger partial charge in [0.15, 0.2) is 0 Å². The van der Waals surface area contributed by atoms with E-state index in [4.69, 9.17) is 5.73 Å². The fourth-order valence-corrected chi connectivity index (χ4v) is 1.57. The average molecular weight is 215 g/mol. The Hall–Kier alpha value is -2.10. The maximum absolute atomic E-state index is 11.7. The fraction of sp³-hybridized carbons (Fsp3) is 0.167. The first-order chi connectivity index (χ1) is 7.59. The van der Waals surface area contributed by atoms with Crippen molar-refractivity contribution in [1.29, 1.82) is 0 Å². The van der Waals surface area contributed by atoms with E-state index in [1.807, 2.05) is 32.0 Å². The van der Waals surface area contributed by atoms with Crippen molar-refractivity contribution in [2.45, 2.75) is 13.8 Å². The van der Waals surface area contributed by atoms with E-state index in [0.29, 0.717) is 5.69 Å². The van der Waals surface area contributed by atoms with Crippen molar-refractivity contribution in [3.8, 4) is 5.69 Å². The summed E-state index contributed by atoms with van der Waals surface area (Å²) < 4.78 is 1.36. The molecule has 16 heavy (non-hydrogen) atoms. The summed E-state index contributed by atoms with van der Waals surface area (Å²) in [4.78, 5) is 11.7. The van der Waals surface area contributed by atoms with Crippen LogP contribution in [-0.2, 0) is 0 Å². The highest BCUT2D eigenvalue weighted by Crippen LogP contribution is 2.14. The van der Waals surface area contributed by atoms with Crippen LogP contribution >= 0.6 is 0 Å². The van der Waals surface area contributed by atoms with Gasteiger partial charge in [0, 0.05) is 6.07 Å². The van der Waals surface area contributed by atoms with Crippen molar-refractivity contribution in [1.82, 2.24) is 9.78 Å². The van der Waals surface area contributed by atoms with Gasteiger partial charge in [0.1, 0.15) is 0 Å². The van der Waals surface area contributed by atoms with Crippen LogP contribution < -0.4 is 11.3 Å². The molecule has 0 aliphatic heterocycles. The highest BCUT2D eigenvalue weighted by atomic mass is 16.1. The topological polar surface area (TPSA) is 60.9 Å². The van der Waals surface area contributed by atoms with Gasteiger partial charge in [-0.1, -0.05) is 12.1 Å². The van der Waals surface area contributed by atoms with Gasteiger partial charge in [-0.3, -0.25) is 4.79 Å². The first kappa shape index (κ1) is 10.4. The quantitative estimate of drug-likeness (QED) is 0.782. The van der Waals surface area contributed by atoms with Crippen molar-refractivity contribution >= 4 is 5.69 Å². The maximum Gasteiger partial charge on any atom is 0.273 e. The summed E-state index contributed by atoms with van der Waals surface area (Å²) in [6.45, 7) is 3.97. The van der Waals surface area contributed by atoms with Crippen LogP contribution in [0.1, 0.15) is 11.1 Å². The van der Waals surface area contributed by atoms with E-state index < -0.39 is 0 Å². The van der Waals surface area contributed by atoms with Crippen LogP contribution in [0.2, 0.25) is 0 Å².